The van der Waals surface area contributed by atoms with Gasteiger partial charge >= 0.3 is 12.1 Å². The molecule has 7 rings (SSSR count). The maximum Gasteiger partial charge on any atom is 0.430 e. The van der Waals surface area contributed by atoms with Crippen LogP contribution < -0.4 is 9.84 Å². The molecular weight excluding hydrogens is 619 g/mol. The molecule has 4 fully saturated rings. The van der Waals surface area contributed by atoms with E-state index < -0.39 is 23.7 Å². The van der Waals surface area contributed by atoms with Gasteiger partial charge in [0.05, 0.1) is 26.2 Å². The zero-order valence-electron chi connectivity index (χ0n) is 25.6. The largest absolute Gasteiger partial charge is 0.542 e. The van der Waals surface area contributed by atoms with Crippen LogP contribution in [0.4, 0.5) is 13.2 Å². The van der Waals surface area contributed by atoms with Crippen molar-refractivity contribution >= 4 is 23.3 Å². The van der Waals surface area contributed by atoms with E-state index in [2.05, 4.69) is 48.5 Å². The molecule has 0 amide bonds. The first kappa shape index (κ1) is 33.9. The number of benzene rings is 2. The number of halogens is 3. The number of alkyl halides is 3. The summed E-state index contributed by atoms with van der Waals surface area (Å²) in [5.41, 5.74) is 0.892. The molecule has 7 nitrogen and oxygen atoms in total. The van der Waals surface area contributed by atoms with E-state index in [4.69, 9.17) is 19.4 Å². The highest BCUT2D eigenvalue weighted by atomic mass is 32.1. The smallest absolute Gasteiger partial charge is 0.430 e. The molecule has 3 aliphatic heterocycles. The molecule has 0 unspecified atom stereocenters. The molecule has 1 saturated carbocycles. The average molecular weight is 660 g/mol. The lowest BCUT2D eigenvalue weighted by Crippen LogP contribution is -2.65. The third kappa shape index (κ3) is 7.93. The Balaban J connectivity index is 0.000000537. The van der Waals surface area contributed by atoms with Crippen LogP contribution in [0.3, 0.4) is 0 Å². The van der Waals surface area contributed by atoms with Gasteiger partial charge < -0.3 is 29.0 Å². The normalized spacial score (nSPS) is 24.0. The molecular formula is C35H40F3NO6S. The second-order valence-electron chi connectivity index (χ2n) is 12.6. The van der Waals surface area contributed by atoms with E-state index in [9.17, 15) is 23.1 Å². The number of carboxylic acid groups (broad SMARTS) is 1. The minimum absolute atomic E-state index is 0.0493. The second-order valence-corrected chi connectivity index (χ2v) is 13.5. The van der Waals surface area contributed by atoms with Gasteiger partial charge in [-0.25, -0.2) is 4.79 Å². The summed E-state index contributed by atoms with van der Waals surface area (Å²) in [4.78, 5) is 23.2. The number of piperidine rings is 3. The first-order chi connectivity index (χ1) is 22.0. The Morgan fingerprint density at radius 1 is 0.913 bits per heavy atom. The average Bonchev–Trinajstić information content (AvgIpc) is 3.80. The van der Waals surface area contributed by atoms with Crippen LogP contribution in [-0.2, 0) is 19.9 Å². The molecule has 3 aromatic rings. The molecule has 1 N–H and O–H groups in total. The number of hydrogen-bond donors (Lipinski definition) is 1. The Morgan fingerprint density at radius 3 is 2.13 bits per heavy atom. The van der Waals surface area contributed by atoms with Crippen LogP contribution in [0, 0.1) is 11.8 Å². The molecule has 0 spiro atoms. The standard InChI is InChI=1S/C33H40NO4S.C2HF3O2/c35-32(33(36,28-10-4-5-11-28)31-12-6-23-39-31)38-30-24-34(20-17-27(30)18-21-34)19-7-22-37-29-15-13-26(14-16-29)25-8-2-1-3-9-25;3-2(4,5)1(6)7/h1-3,6,8-9,12-16,23,27-28,30,36H,4-5,7,10-11,17-22,24H2;(H,6,7)/q+1;/p-1/t27?,30-,33+,34?;/m0./s1. The van der Waals surface area contributed by atoms with Crippen molar-refractivity contribution in [2.24, 2.45) is 11.8 Å². The molecule has 4 aliphatic rings. The molecule has 2 aromatic carbocycles. The first-order valence-electron chi connectivity index (χ1n) is 15.9. The molecule has 4 heterocycles. The number of aliphatic carboxylic acids is 1. The number of esters is 1. The van der Waals surface area contributed by atoms with Gasteiger partial charge in [0.2, 0.25) is 0 Å². The summed E-state index contributed by atoms with van der Waals surface area (Å²) in [5.74, 6) is -2.17. The Hall–Kier alpha value is -3.41. The number of quaternary nitrogens is 1. The van der Waals surface area contributed by atoms with Gasteiger partial charge in [0, 0.05) is 36.0 Å². The summed E-state index contributed by atoms with van der Waals surface area (Å²) >= 11 is 1.46. The lowest BCUT2D eigenvalue weighted by Gasteiger charge is -2.52. The lowest BCUT2D eigenvalue weighted by molar-refractivity contribution is -0.946. The number of carbonyl (C=O) groups excluding carboxylic acids is 2. The summed E-state index contributed by atoms with van der Waals surface area (Å²) in [7, 11) is 0. The van der Waals surface area contributed by atoms with E-state index in [0.29, 0.717) is 12.5 Å². The Bertz CT molecular complexity index is 1420. The van der Waals surface area contributed by atoms with Crippen molar-refractivity contribution in [2.75, 3.05) is 32.8 Å². The third-order valence-corrected chi connectivity index (χ3v) is 10.7. The van der Waals surface area contributed by atoms with Crippen LogP contribution in [-0.4, -0.2) is 66.6 Å². The second kappa shape index (κ2) is 14.6. The lowest BCUT2D eigenvalue weighted by atomic mass is 9.82. The number of thiophene rings is 1. The molecule has 1 aliphatic carbocycles. The maximum atomic E-state index is 13.6. The minimum Gasteiger partial charge on any atom is -0.542 e. The van der Waals surface area contributed by atoms with Crippen molar-refractivity contribution < 1.29 is 46.9 Å². The number of aliphatic hydroxyl groups is 1. The van der Waals surface area contributed by atoms with Gasteiger partial charge in [-0.15, -0.1) is 11.3 Å². The van der Waals surface area contributed by atoms with E-state index in [1.165, 1.54) is 22.5 Å². The summed E-state index contributed by atoms with van der Waals surface area (Å²) in [5, 5.41) is 22.5. The summed E-state index contributed by atoms with van der Waals surface area (Å²) in [6.45, 7) is 4.84. The molecule has 248 valence electrons. The number of ether oxygens (including phenoxy) is 2. The van der Waals surface area contributed by atoms with Gasteiger partial charge in [0.25, 0.3) is 0 Å². The van der Waals surface area contributed by atoms with E-state index in [1.807, 2.05) is 23.6 Å². The Kier molecular flexibility index (Phi) is 10.7. The van der Waals surface area contributed by atoms with E-state index in [-0.39, 0.29) is 12.0 Å². The number of fused-ring (bicyclic) bond motifs is 3. The van der Waals surface area contributed by atoms with Crippen molar-refractivity contribution in [3.05, 3.63) is 77.0 Å². The van der Waals surface area contributed by atoms with Crippen LogP contribution >= 0.6 is 11.3 Å². The van der Waals surface area contributed by atoms with Crippen LogP contribution in [0.5, 0.6) is 5.75 Å². The number of hydrogen-bond acceptors (Lipinski definition) is 7. The van der Waals surface area contributed by atoms with Crippen molar-refractivity contribution in [1.29, 1.82) is 0 Å². The van der Waals surface area contributed by atoms with E-state index in [1.54, 1.807) is 0 Å². The fraction of sp³-hybridized carbons (Fsp3) is 0.486. The summed E-state index contributed by atoms with van der Waals surface area (Å²) in [6, 6.07) is 22.5. The SMILES string of the molecule is O=C(O[C@H]1C[N+]2(CCCOc3ccc(-c4ccccc4)cc3)CCC1CC2)[C@](O)(c1cccs1)C1CCCC1.O=C([O-])C(F)(F)F. The van der Waals surface area contributed by atoms with Gasteiger partial charge in [0.15, 0.2) is 11.7 Å². The van der Waals surface area contributed by atoms with Gasteiger partial charge in [-0.3, -0.25) is 0 Å². The van der Waals surface area contributed by atoms with Gasteiger partial charge in [-0.05, 0) is 47.5 Å². The molecule has 11 heteroatoms. The molecule has 2 atom stereocenters. The van der Waals surface area contributed by atoms with E-state index in [0.717, 1.165) is 86.2 Å². The summed E-state index contributed by atoms with van der Waals surface area (Å²) in [6.07, 6.45) is 1.72. The number of carboxylic acids is 1. The molecule has 0 radical (unpaired) electrons. The van der Waals surface area contributed by atoms with Gasteiger partial charge in [0.1, 0.15) is 18.3 Å². The monoisotopic (exact) mass is 659 g/mol. The first-order valence-corrected chi connectivity index (χ1v) is 16.8. The predicted molar refractivity (Wildman–Crippen MR) is 166 cm³/mol. The number of rotatable bonds is 10. The fourth-order valence-electron chi connectivity index (χ4n) is 7.17. The zero-order valence-corrected chi connectivity index (χ0v) is 26.4. The number of nitrogens with zero attached hydrogens (tertiary/aromatic N) is 1. The highest BCUT2D eigenvalue weighted by molar-refractivity contribution is 7.10. The molecule has 46 heavy (non-hydrogen) atoms. The highest BCUT2D eigenvalue weighted by Gasteiger charge is 2.53. The minimum atomic E-state index is -5.19. The van der Waals surface area contributed by atoms with Crippen molar-refractivity contribution in [3.8, 4) is 16.9 Å². The Labute approximate surface area is 271 Å². The van der Waals surface area contributed by atoms with Crippen molar-refractivity contribution in [3.63, 3.8) is 0 Å². The van der Waals surface area contributed by atoms with Gasteiger partial charge in [-0.1, -0.05) is 61.4 Å². The highest BCUT2D eigenvalue weighted by Crippen LogP contribution is 2.44. The van der Waals surface area contributed by atoms with Crippen LogP contribution in [0.2, 0.25) is 0 Å². The summed E-state index contributed by atoms with van der Waals surface area (Å²) < 4.78 is 44.9. The molecule has 2 bridgehead atoms. The van der Waals surface area contributed by atoms with Crippen molar-refractivity contribution in [2.45, 2.75) is 62.8 Å². The third-order valence-electron chi connectivity index (χ3n) is 9.69. The maximum absolute atomic E-state index is 13.6. The van der Waals surface area contributed by atoms with Crippen molar-refractivity contribution in [1.82, 2.24) is 0 Å². The molecule has 3 saturated heterocycles. The molecule has 1 aromatic heterocycles. The number of carbonyl (C=O) groups is 2. The topological polar surface area (TPSA) is 95.9 Å². The zero-order chi connectivity index (χ0) is 32.8. The van der Waals surface area contributed by atoms with E-state index >= 15 is 0 Å². The van der Waals surface area contributed by atoms with Crippen LogP contribution in [0.15, 0.2) is 72.1 Å². The predicted octanol–water partition coefficient (Wildman–Crippen LogP) is 5.71. The Morgan fingerprint density at radius 2 is 1.54 bits per heavy atom. The van der Waals surface area contributed by atoms with Crippen LogP contribution in [0.25, 0.3) is 11.1 Å². The quantitative estimate of drug-likeness (QED) is 0.170. The van der Waals surface area contributed by atoms with Gasteiger partial charge in [-0.2, -0.15) is 13.2 Å². The van der Waals surface area contributed by atoms with Crippen LogP contribution in [0.1, 0.15) is 49.8 Å². The fourth-order valence-corrected chi connectivity index (χ4v) is 8.06.